The molecule has 0 unspecified atom stereocenters. The van der Waals surface area contributed by atoms with Crippen molar-refractivity contribution in [1.29, 1.82) is 0 Å². The third-order valence-electron chi connectivity index (χ3n) is 2.94. The highest BCUT2D eigenvalue weighted by molar-refractivity contribution is 4.42. The first-order valence-electron chi connectivity index (χ1n) is 6.13. The van der Waals surface area contributed by atoms with Crippen molar-refractivity contribution in [3.63, 3.8) is 0 Å². The van der Waals surface area contributed by atoms with Crippen LogP contribution in [-0.2, 0) is 0 Å². The van der Waals surface area contributed by atoms with E-state index < -0.39 is 0 Å². The van der Waals surface area contributed by atoms with Crippen molar-refractivity contribution in [3.8, 4) is 0 Å². The van der Waals surface area contributed by atoms with Crippen LogP contribution in [0.15, 0.2) is 0 Å². The Morgan fingerprint density at radius 2 is 1.27 bits per heavy atom. The van der Waals surface area contributed by atoms with E-state index in [9.17, 15) is 5.11 Å². The zero-order valence-electron chi connectivity index (χ0n) is 10.6. The van der Waals surface area contributed by atoms with Gasteiger partial charge in [-0.1, -0.05) is 26.7 Å². The summed E-state index contributed by atoms with van der Waals surface area (Å²) in [5.74, 6) is 0. The van der Waals surface area contributed by atoms with Crippen molar-refractivity contribution in [2.45, 2.75) is 52.4 Å². The number of aliphatic hydroxyl groups is 1. The molecule has 0 aliphatic carbocycles. The van der Waals surface area contributed by atoms with Crippen molar-refractivity contribution in [2.24, 2.45) is 0 Å². The molecule has 0 aliphatic heterocycles. The van der Waals surface area contributed by atoms with Gasteiger partial charge in [0, 0.05) is 0 Å². The Morgan fingerprint density at radius 1 is 0.867 bits per heavy atom. The van der Waals surface area contributed by atoms with E-state index in [4.69, 9.17) is 0 Å². The average molecular weight is 329 g/mol. The predicted molar refractivity (Wildman–Crippen MR) is 62.1 cm³/mol. The zero-order valence-corrected chi connectivity index (χ0v) is 12.8. The molecule has 2 nitrogen and oxygen atoms in total. The van der Waals surface area contributed by atoms with Crippen LogP contribution < -0.4 is 24.0 Å². The fourth-order valence-corrected chi connectivity index (χ4v) is 1.74. The maximum absolute atomic E-state index is 9.36. The standard InChI is InChI=1S/C12H28NO.HI/c1-4-6-8-10-13(3,12-14)11-9-7-5-2;/h14H,4-12H2,1-3H3;1H/q+1;/p-1. The highest BCUT2D eigenvalue weighted by Gasteiger charge is 2.18. The van der Waals surface area contributed by atoms with Crippen molar-refractivity contribution in [2.75, 3.05) is 26.9 Å². The number of hydrogen-bond donors (Lipinski definition) is 1. The zero-order chi connectivity index (χ0) is 10.9. The summed E-state index contributed by atoms with van der Waals surface area (Å²) in [4.78, 5) is 0. The van der Waals surface area contributed by atoms with Gasteiger partial charge < -0.3 is 33.6 Å². The number of halogens is 1. The van der Waals surface area contributed by atoms with Crippen LogP contribution in [0.3, 0.4) is 0 Å². The second-order valence-corrected chi connectivity index (χ2v) is 4.62. The molecule has 0 heterocycles. The fraction of sp³-hybridized carbons (Fsp3) is 1.00. The van der Waals surface area contributed by atoms with Gasteiger partial charge >= 0.3 is 0 Å². The van der Waals surface area contributed by atoms with Crippen LogP contribution in [0.1, 0.15) is 52.4 Å². The van der Waals surface area contributed by atoms with Crippen molar-refractivity contribution >= 4 is 0 Å². The highest BCUT2D eigenvalue weighted by atomic mass is 127. The quantitative estimate of drug-likeness (QED) is 0.268. The van der Waals surface area contributed by atoms with E-state index in [2.05, 4.69) is 20.9 Å². The molecule has 15 heavy (non-hydrogen) atoms. The molecule has 0 spiro atoms. The molecule has 3 heteroatoms. The number of rotatable bonds is 9. The third kappa shape index (κ3) is 9.57. The molecule has 0 bridgehead atoms. The van der Waals surface area contributed by atoms with E-state index in [1.807, 2.05) is 0 Å². The smallest absolute Gasteiger partial charge is 0.180 e. The third-order valence-corrected chi connectivity index (χ3v) is 2.94. The highest BCUT2D eigenvalue weighted by Crippen LogP contribution is 2.09. The van der Waals surface area contributed by atoms with Gasteiger partial charge in [0.05, 0.1) is 20.1 Å². The first-order valence-corrected chi connectivity index (χ1v) is 6.13. The maximum atomic E-state index is 9.36. The molecule has 0 saturated heterocycles. The first-order chi connectivity index (χ1) is 6.68. The molecule has 94 valence electrons. The fourth-order valence-electron chi connectivity index (χ4n) is 1.74. The van der Waals surface area contributed by atoms with Gasteiger partial charge in [0.15, 0.2) is 6.73 Å². The lowest BCUT2D eigenvalue weighted by Gasteiger charge is -2.32. The maximum Gasteiger partial charge on any atom is 0.180 e. The monoisotopic (exact) mass is 329 g/mol. The number of quaternary nitrogens is 1. The van der Waals surface area contributed by atoms with Gasteiger partial charge in [-0.15, -0.1) is 0 Å². The van der Waals surface area contributed by atoms with Crippen molar-refractivity contribution in [1.82, 2.24) is 0 Å². The van der Waals surface area contributed by atoms with Gasteiger partial charge in [-0.2, -0.15) is 0 Å². The Morgan fingerprint density at radius 3 is 1.53 bits per heavy atom. The topological polar surface area (TPSA) is 20.2 Å². The molecule has 1 N–H and O–H groups in total. The van der Waals surface area contributed by atoms with E-state index in [1.54, 1.807) is 0 Å². The minimum absolute atomic E-state index is 0. The lowest BCUT2D eigenvalue weighted by Crippen LogP contribution is -3.00. The number of hydrogen-bond acceptors (Lipinski definition) is 1. The molecule has 0 aromatic rings. The van der Waals surface area contributed by atoms with Crippen LogP contribution >= 0.6 is 0 Å². The van der Waals surface area contributed by atoms with Crippen LogP contribution in [0.2, 0.25) is 0 Å². The molecule has 0 radical (unpaired) electrons. The summed E-state index contributed by atoms with van der Waals surface area (Å²) in [5.41, 5.74) is 0. The summed E-state index contributed by atoms with van der Waals surface area (Å²) >= 11 is 0. The largest absolute Gasteiger partial charge is 1.00 e. The van der Waals surface area contributed by atoms with Crippen LogP contribution in [0, 0.1) is 0 Å². The van der Waals surface area contributed by atoms with E-state index in [1.165, 1.54) is 38.5 Å². The van der Waals surface area contributed by atoms with Crippen LogP contribution in [0.4, 0.5) is 0 Å². The average Bonchev–Trinajstić information content (AvgIpc) is 2.19. The molecule has 0 rings (SSSR count). The summed E-state index contributed by atoms with van der Waals surface area (Å²) in [7, 11) is 2.17. The predicted octanol–water partition coefficient (Wildman–Crippen LogP) is -0.233. The minimum Gasteiger partial charge on any atom is -1.00 e. The summed E-state index contributed by atoms with van der Waals surface area (Å²) in [6.45, 7) is 7.01. The second kappa shape index (κ2) is 11.1. The molecular formula is C12H28INO. The molecule has 0 amide bonds. The normalized spacial score (nSPS) is 11.2. The van der Waals surface area contributed by atoms with E-state index >= 15 is 0 Å². The Hall–Kier alpha value is 0.650. The van der Waals surface area contributed by atoms with E-state index in [-0.39, 0.29) is 24.0 Å². The lowest BCUT2D eigenvalue weighted by atomic mass is 10.2. The van der Waals surface area contributed by atoms with Gasteiger partial charge in [0.25, 0.3) is 0 Å². The number of aliphatic hydroxyl groups excluding tert-OH is 1. The van der Waals surface area contributed by atoms with Gasteiger partial charge in [0.2, 0.25) is 0 Å². The van der Waals surface area contributed by atoms with Gasteiger partial charge in [-0.25, -0.2) is 0 Å². The lowest BCUT2D eigenvalue weighted by molar-refractivity contribution is -0.927. The summed E-state index contributed by atoms with van der Waals surface area (Å²) in [6, 6.07) is 0. The van der Waals surface area contributed by atoms with Crippen molar-refractivity contribution < 1.29 is 33.6 Å². The van der Waals surface area contributed by atoms with Crippen LogP contribution in [0.25, 0.3) is 0 Å². The van der Waals surface area contributed by atoms with Gasteiger partial charge in [-0.05, 0) is 25.7 Å². The molecule has 0 aromatic heterocycles. The van der Waals surface area contributed by atoms with Gasteiger partial charge in [0.1, 0.15) is 0 Å². The molecule has 0 saturated carbocycles. The summed E-state index contributed by atoms with van der Waals surface area (Å²) < 4.78 is 0.847. The SMILES string of the molecule is CCCCC[N+](C)(CO)CCCCC.[I-]. The molecule has 0 aromatic carbocycles. The number of nitrogens with zero attached hydrogens (tertiary/aromatic N) is 1. The van der Waals surface area contributed by atoms with Gasteiger partial charge in [-0.3, -0.25) is 0 Å². The number of unbranched alkanes of at least 4 members (excludes halogenated alkanes) is 4. The Bertz CT molecular complexity index is 121. The summed E-state index contributed by atoms with van der Waals surface area (Å²) in [5, 5.41) is 9.36. The molecular weight excluding hydrogens is 301 g/mol. The van der Waals surface area contributed by atoms with Crippen molar-refractivity contribution in [3.05, 3.63) is 0 Å². The minimum atomic E-state index is 0. The van der Waals surface area contributed by atoms with E-state index in [0.717, 1.165) is 17.6 Å². The Kier molecular flexibility index (Phi) is 13.4. The molecule has 0 aliphatic rings. The van der Waals surface area contributed by atoms with E-state index in [0.29, 0.717) is 6.73 Å². The second-order valence-electron chi connectivity index (χ2n) is 4.62. The van der Waals surface area contributed by atoms with Crippen LogP contribution in [-0.4, -0.2) is 36.5 Å². The van der Waals surface area contributed by atoms with Crippen LogP contribution in [0.5, 0.6) is 0 Å². The molecule has 0 atom stereocenters. The molecule has 0 fully saturated rings. The Balaban J connectivity index is 0. The Labute approximate surface area is 113 Å². The summed E-state index contributed by atoms with van der Waals surface area (Å²) in [6.07, 6.45) is 7.61. The first kappa shape index (κ1) is 18.0.